The van der Waals surface area contributed by atoms with E-state index in [0.29, 0.717) is 11.2 Å². The Kier molecular flexibility index (Phi) is 2.18. The normalized spacial score (nSPS) is 34.3. The average Bonchev–Trinajstić information content (AvgIpc) is 2.01. The van der Waals surface area contributed by atoms with Crippen LogP contribution < -0.4 is 0 Å². The molecule has 0 aromatic heterocycles. The van der Waals surface area contributed by atoms with E-state index in [4.69, 9.17) is 0 Å². The van der Waals surface area contributed by atoms with E-state index in [2.05, 4.69) is 18.7 Å². The van der Waals surface area contributed by atoms with Gasteiger partial charge in [-0.05, 0) is 18.3 Å². The lowest BCUT2D eigenvalue weighted by Gasteiger charge is -2.50. The monoisotopic (exact) mass is 181 g/mol. The first kappa shape index (κ1) is 9.20. The van der Waals surface area contributed by atoms with Gasteiger partial charge in [-0.1, -0.05) is 20.3 Å². The Balaban J connectivity index is 1.91. The summed E-state index contributed by atoms with van der Waals surface area (Å²) in [6.45, 7) is 6.78. The second-order valence-electron chi connectivity index (χ2n) is 5.30. The van der Waals surface area contributed by atoms with E-state index in [1.165, 1.54) is 6.42 Å². The Morgan fingerprint density at radius 2 is 2.00 bits per heavy atom. The summed E-state index contributed by atoms with van der Waals surface area (Å²) in [5, 5.41) is 0. The number of likely N-dealkylation sites (tertiary alicyclic amines) is 1. The molecule has 0 N–H and O–H groups in total. The van der Waals surface area contributed by atoms with Crippen LogP contribution in [0.5, 0.6) is 0 Å². The van der Waals surface area contributed by atoms with Gasteiger partial charge in [0.15, 0.2) is 0 Å². The smallest absolute Gasteiger partial charge is 0.149 e. The zero-order valence-corrected chi connectivity index (χ0v) is 8.68. The number of ketones is 1. The minimum atomic E-state index is 0.279. The van der Waals surface area contributed by atoms with E-state index < -0.39 is 0 Å². The molecule has 2 fully saturated rings. The van der Waals surface area contributed by atoms with E-state index >= 15 is 0 Å². The highest BCUT2D eigenvalue weighted by molar-refractivity contribution is 5.84. The quantitative estimate of drug-likeness (QED) is 0.615. The second-order valence-corrected chi connectivity index (χ2v) is 5.30. The number of hydrogen-bond donors (Lipinski definition) is 0. The van der Waals surface area contributed by atoms with Crippen molar-refractivity contribution in [3.63, 3.8) is 0 Å². The molecule has 0 amide bonds. The zero-order valence-electron chi connectivity index (χ0n) is 8.68. The number of rotatable bonds is 1. The number of Topliss-reactive ketones (excluding diaryl/α,β-unsaturated/α-hetero) is 1. The molecule has 1 unspecified atom stereocenters. The highest BCUT2D eigenvalue weighted by Gasteiger charge is 2.40. The molecule has 1 aliphatic heterocycles. The van der Waals surface area contributed by atoms with Crippen molar-refractivity contribution in [2.45, 2.75) is 45.6 Å². The van der Waals surface area contributed by atoms with Crippen molar-refractivity contribution in [3.8, 4) is 0 Å². The Hall–Kier alpha value is -0.370. The Morgan fingerprint density at radius 3 is 2.54 bits per heavy atom. The van der Waals surface area contributed by atoms with E-state index in [0.717, 1.165) is 32.4 Å². The molecule has 74 valence electrons. The van der Waals surface area contributed by atoms with E-state index in [1.807, 2.05) is 0 Å². The third kappa shape index (κ3) is 1.78. The molecule has 0 radical (unpaired) electrons. The predicted octanol–water partition coefficient (Wildman–Crippen LogP) is 1.84. The first-order chi connectivity index (χ1) is 6.08. The van der Waals surface area contributed by atoms with Gasteiger partial charge >= 0.3 is 0 Å². The molecular weight excluding hydrogens is 162 g/mol. The van der Waals surface area contributed by atoms with Gasteiger partial charge in [-0.2, -0.15) is 0 Å². The summed E-state index contributed by atoms with van der Waals surface area (Å²) in [7, 11) is 0. The molecular formula is C11H19NO. The zero-order chi connectivity index (χ0) is 9.47. The lowest BCUT2D eigenvalue weighted by molar-refractivity contribution is -0.131. The van der Waals surface area contributed by atoms with Crippen LogP contribution >= 0.6 is 0 Å². The van der Waals surface area contributed by atoms with Crippen molar-refractivity contribution in [1.82, 2.24) is 4.90 Å². The summed E-state index contributed by atoms with van der Waals surface area (Å²) in [6.07, 6.45) is 4.29. The van der Waals surface area contributed by atoms with Gasteiger partial charge < -0.3 is 0 Å². The molecule has 2 aliphatic rings. The van der Waals surface area contributed by atoms with Gasteiger partial charge in [0.1, 0.15) is 5.78 Å². The number of carbonyl (C=O) groups is 1. The van der Waals surface area contributed by atoms with Gasteiger partial charge in [-0.3, -0.25) is 9.69 Å². The summed E-state index contributed by atoms with van der Waals surface area (Å²) in [6, 6.07) is 0.279. The van der Waals surface area contributed by atoms with Crippen molar-refractivity contribution < 1.29 is 4.79 Å². The SMILES string of the molecule is CC1(C)CN(C2CCCCC2=O)C1. The molecule has 13 heavy (non-hydrogen) atoms. The lowest BCUT2D eigenvalue weighted by atomic mass is 9.80. The van der Waals surface area contributed by atoms with E-state index in [9.17, 15) is 4.79 Å². The predicted molar refractivity (Wildman–Crippen MR) is 52.6 cm³/mol. The Bertz CT molecular complexity index is 214. The molecule has 1 saturated carbocycles. The number of carbonyl (C=O) groups excluding carboxylic acids is 1. The van der Waals surface area contributed by atoms with Gasteiger partial charge in [0, 0.05) is 19.5 Å². The summed E-state index contributed by atoms with van der Waals surface area (Å²) < 4.78 is 0. The fraction of sp³-hybridized carbons (Fsp3) is 0.909. The van der Waals surface area contributed by atoms with Crippen LogP contribution in [0.15, 0.2) is 0 Å². The van der Waals surface area contributed by atoms with Crippen LogP contribution in [0.2, 0.25) is 0 Å². The van der Waals surface area contributed by atoms with Crippen molar-refractivity contribution in [1.29, 1.82) is 0 Å². The third-order valence-corrected chi connectivity index (χ3v) is 3.23. The summed E-state index contributed by atoms with van der Waals surface area (Å²) in [4.78, 5) is 14.0. The fourth-order valence-corrected chi connectivity index (χ4v) is 2.62. The second kappa shape index (κ2) is 3.09. The van der Waals surface area contributed by atoms with E-state index in [1.54, 1.807) is 0 Å². The van der Waals surface area contributed by atoms with Gasteiger partial charge in [-0.15, -0.1) is 0 Å². The molecule has 0 bridgehead atoms. The minimum absolute atomic E-state index is 0.279. The molecule has 1 atom stereocenters. The van der Waals surface area contributed by atoms with Crippen LogP contribution in [0.4, 0.5) is 0 Å². The first-order valence-corrected chi connectivity index (χ1v) is 5.35. The van der Waals surface area contributed by atoms with Gasteiger partial charge in [0.05, 0.1) is 6.04 Å². The topological polar surface area (TPSA) is 20.3 Å². The summed E-state index contributed by atoms with van der Waals surface area (Å²) in [5.41, 5.74) is 0.456. The maximum Gasteiger partial charge on any atom is 0.149 e. The van der Waals surface area contributed by atoms with Crippen molar-refractivity contribution in [2.75, 3.05) is 13.1 Å². The molecule has 1 heterocycles. The maximum absolute atomic E-state index is 11.6. The third-order valence-electron chi connectivity index (χ3n) is 3.23. The number of nitrogens with zero attached hydrogens (tertiary/aromatic N) is 1. The minimum Gasteiger partial charge on any atom is -0.298 e. The molecule has 2 nitrogen and oxygen atoms in total. The first-order valence-electron chi connectivity index (χ1n) is 5.35. The molecule has 2 rings (SSSR count). The van der Waals surface area contributed by atoms with Crippen LogP contribution in [0.1, 0.15) is 39.5 Å². The average molecular weight is 181 g/mol. The van der Waals surface area contributed by atoms with Gasteiger partial charge in [-0.25, -0.2) is 0 Å². The van der Waals surface area contributed by atoms with Gasteiger partial charge in [0.25, 0.3) is 0 Å². The molecule has 1 saturated heterocycles. The fourth-order valence-electron chi connectivity index (χ4n) is 2.62. The standard InChI is InChI=1S/C11H19NO/c1-11(2)7-12(8-11)9-5-3-4-6-10(9)13/h9H,3-8H2,1-2H3. The molecule has 1 aliphatic carbocycles. The van der Waals surface area contributed by atoms with Crippen LogP contribution in [-0.2, 0) is 4.79 Å². The van der Waals surface area contributed by atoms with Crippen molar-refractivity contribution in [3.05, 3.63) is 0 Å². The summed E-state index contributed by atoms with van der Waals surface area (Å²) >= 11 is 0. The van der Waals surface area contributed by atoms with Crippen LogP contribution in [0.25, 0.3) is 0 Å². The van der Waals surface area contributed by atoms with Crippen LogP contribution in [0, 0.1) is 5.41 Å². The highest BCUT2D eigenvalue weighted by atomic mass is 16.1. The van der Waals surface area contributed by atoms with Crippen molar-refractivity contribution >= 4 is 5.78 Å². The lowest BCUT2D eigenvalue weighted by Crippen LogP contribution is -2.59. The molecule has 0 aromatic carbocycles. The number of hydrogen-bond acceptors (Lipinski definition) is 2. The van der Waals surface area contributed by atoms with Crippen LogP contribution in [-0.4, -0.2) is 29.8 Å². The Morgan fingerprint density at radius 1 is 1.31 bits per heavy atom. The van der Waals surface area contributed by atoms with Crippen molar-refractivity contribution in [2.24, 2.45) is 5.41 Å². The van der Waals surface area contributed by atoms with Gasteiger partial charge in [0.2, 0.25) is 0 Å². The van der Waals surface area contributed by atoms with E-state index in [-0.39, 0.29) is 6.04 Å². The Labute approximate surface area is 80.3 Å². The maximum atomic E-state index is 11.6. The molecule has 0 spiro atoms. The largest absolute Gasteiger partial charge is 0.298 e. The molecule has 2 heteroatoms. The van der Waals surface area contributed by atoms with Crippen LogP contribution in [0.3, 0.4) is 0 Å². The highest BCUT2D eigenvalue weighted by Crippen LogP contribution is 2.33. The summed E-state index contributed by atoms with van der Waals surface area (Å²) in [5.74, 6) is 0.488. The molecule has 0 aromatic rings.